The summed E-state index contributed by atoms with van der Waals surface area (Å²) < 4.78 is 29.5. The lowest BCUT2D eigenvalue weighted by atomic mass is 10.2. The molecule has 8 heteroatoms. The van der Waals surface area contributed by atoms with E-state index in [1.165, 1.54) is 0 Å². The van der Waals surface area contributed by atoms with Gasteiger partial charge in [-0.25, -0.2) is 13.4 Å². The molecular weight excluding hydrogens is 336 g/mol. The van der Waals surface area contributed by atoms with E-state index in [-0.39, 0.29) is 18.4 Å². The van der Waals surface area contributed by atoms with E-state index in [9.17, 15) is 8.42 Å². The maximum atomic E-state index is 13.0. The molecule has 6 nitrogen and oxygen atoms in total. The Morgan fingerprint density at radius 3 is 2.78 bits per heavy atom. The summed E-state index contributed by atoms with van der Waals surface area (Å²) in [4.78, 5) is 4.67. The van der Waals surface area contributed by atoms with Gasteiger partial charge in [0.1, 0.15) is 5.82 Å². The number of hydrogen-bond donors (Lipinski definition) is 1. The van der Waals surface area contributed by atoms with Crippen LogP contribution in [0.1, 0.15) is 17.4 Å². The Balaban J connectivity index is 0.00000192. The molecule has 1 aromatic carbocycles. The van der Waals surface area contributed by atoms with Gasteiger partial charge < -0.3 is 9.88 Å². The number of nitrogens with one attached hydrogen (secondary N) is 1. The van der Waals surface area contributed by atoms with Crippen molar-refractivity contribution in [3.63, 3.8) is 0 Å². The maximum absolute atomic E-state index is 13.0. The normalized spacial score (nSPS) is 19.3. The molecule has 1 atom stereocenters. The maximum Gasteiger partial charge on any atom is 0.243 e. The smallest absolute Gasteiger partial charge is 0.243 e. The molecule has 126 valence electrons. The molecule has 2 aromatic rings. The van der Waals surface area contributed by atoms with Crippen LogP contribution in [0.4, 0.5) is 0 Å². The molecule has 0 radical (unpaired) electrons. The summed E-state index contributed by atoms with van der Waals surface area (Å²) in [5, 5.41) is 3.26. The summed E-state index contributed by atoms with van der Waals surface area (Å²) in [6, 6.07) is 6.75. The van der Waals surface area contributed by atoms with Crippen LogP contribution >= 0.6 is 12.4 Å². The van der Waals surface area contributed by atoms with E-state index in [2.05, 4.69) is 10.3 Å². The quantitative estimate of drug-likeness (QED) is 0.904. The number of piperazine rings is 1. The molecule has 1 N–H and O–H groups in total. The van der Waals surface area contributed by atoms with E-state index in [1.54, 1.807) is 28.7 Å². The second kappa shape index (κ2) is 7.00. The van der Waals surface area contributed by atoms with Crippen LogP contribution in [0.25, 0.3) is 0 Å². The Morgan fingerprint density at radius 2 is 2.13 bits per heavy atom. The van der Waals surface area contributed by atoms with Crippen molar-refractivity contribution in [1.82, 2.24) is 19.2 Å². The largest absolute Gasteiger partial charge is 0.337 e. The highest BCUT2D eigenvalue weighted by Crippen LogP contribution is 2.28. The number of rotatable bonds is 3. The standard InChI is InChI=1S/C15H20N4O2S.ClH/c1-12-4-3-5-13(10-12)22(20,21)19-9-6-16-11-14(19)15-17-7-8-18(15)2;/h3-5,7-8,10,14,16H,6,9,11H2,1-2H3;1H. The molecular formula is C15H21ClN4O2S. The number of nitrogens with zero attached hydrogens (tertiary/aromatic N) is 3. The third kappa shape index (κ3) is 3.42. The molecule has 1 fully saturated rings. The third-order valence-electron chi connectivity index (χ3n) is 3.95. The lowest BCUT2D eigenvalue weighted by Gasteiger charge is -2.34. The molecule has 3 rings (SSSR count). The van der Waals surface area contributed by atoms with Crippen molar-refractivity contribution >= 4 is 22.4 Å². The number of sulfonamides is 1. The second-order valence-electron chi connectivity index (χ2n) is 5.55. The average Bonchev–Trinajstić information content (AvgIpc) is 2.93. The first-order valence-corrected chi connectivity index (χ1v) is 8.70. The molecule has 0 amide bonds. The zero-order chi connectivity index (χ0) is 15.7. The van der Waals surface area contributed by atoms with Crippen molar-refractivity contribution in [1.29, 1.82) is 0 Å². The molecule has 0 aliphatic carbocycles. The van der Waals surface area contributed by atoms with Gasteiger partial charge in [0.25, 0.3) is 0 Å². The zero-order valence-electron chi connectivity index (χ0n) is 13.1. The Kier molecular flexibility index (Phi) is 5.46. The molecule has 0 saturated carbocycles. The molecule has 23 heavy (non-hydrogen) atoms. The zero-order valence-corrected chi connectivity index (χ0v) is 14.8. The van der Waals surface area contributed by atoms with Gasteiger partial charge in [0.05, 0.1) is 10.9 Å². The topological polar surface area (TPSA) is 67.2 Å². The minimum atomic E-state index is -3.54. The molecule has 1 aliphatic rings. The van der Waals surface area contributed by atoms with Gasteiger partial charge in [-0.3, -0.25) is 0 Å². The minimum absolute atomic E-state index is 0. The number of benzene rings is 1. The Hall–Kier alpha value is -1.41. The van der Waals surface area contributed by atoms with Gasteiger partial charge in [0.15, 0.2) is 0 Å². The fourth-order valence-corrected chi connectivity index (χ4v) is 4.49. The fourth-order valence-electron chi connectivity index (χ4n) is 2.80. The highest BCUT2D eigenvalue weighted by Gasteiger charge is 2.36. The lowest BCUT2D eigenvalue weighted by Crippen LogP contribution is -2.49. The van der Waals surface area contributed by atoms with Gasteiger partial charge in [-0.2, -0.15) is 4.31 Å². The lowest BCUT2D eigenvalue weighted by molar-refractivity contribution is 0.258. The minimum Gasteiger partial charge on any atom is -0.337 e. The molecule has 0 spiro atoms. The SMILES string of the molecule is Cc1cccc(S(=O)(=O)N2CCNCC2c2nccn2C)c1.Cl. The molecule has 1 saturated heterocycles. The van der Waals surface area contributed by atoms with Crippen LogP contribution in [0, 0.1) is 6.92 Å². The second-order valence-corrected chi connectivity index (χ2v) is 7.44. The highest BCUT2D eigenvalue weighted by molar-refractivity contribution is 7.89. The van der Waals surface area contributed by atoms with Crippen molar-refractivity contribution in [2.45, 2.75) is 17.9 Å². The van der Waals surface area contributed by atoms with E-state index in [0.29, 0.717) is 24.5 Å². The number of hydrogen-bond acceptors (Lipinski definition) is 4. The molecule has 1 aliphatic heterocycles. The van der Waals surface area contributed by atoms with Crippen LogP contribution in [0.2, 0.25) is 0 Å². The Labute approximate surface area is 143 Å². The van der Waals surface area contributed by atoms with Crippen LogP contribution in [-0.4, -0.2) is 41.9 Å². The summed E-state index contributed by atoms with van der Waals surface area (Å²) in [5.41, 5.74) is 0.935. The predicted octanol–water partition coefficient (Wildman–Crippen LogP) is 1.49. The fraction of sp³-hybridized carbons (Fsp3) is 0.400. The van der Waals surface area contributed by atoms with Crippen molar-refractivity contribution in [2.24, 2.45) is 7.05 Å². The first-order valence-electron chi connectivity index (χ1n) is 7.26. The van der Waals surface area contributed by atoms with Crippen LogP contribution < -0.4 is 5.32 Å². The average molecular weight is 357 g/mol. The van der Waals surface area contributed by atoms with Crippen LogP contribution in [0.15, 0.2) is 41.6 Å². The van der Waals surface area contributed by atoms with E-state index >= 15 is 0 Å². The molecule has 2 heterocycles. The summed E-state index contributed by atoms with van der Waals surface area (Å²) >= 11 is 0. The van der Waals surface area contributed by atoms with Crippen molar-refractivity contribution in [3.05, 3.63) is 48.0 Å². The van der Waals surface area contributed by atoms with Gasteiger partial charge >= 0.3 is 0 Å². The number of aromatic nitrogens is 2. The number of halogens is 1. The predicted molar refractivity (Wildman–Crippen MR) is 91.1 cm³/mol. The first kappa shape index (κ1) is 17.9. The molecule has 0 bridgehead atoms. The van der Waals surface area contributed by atoms with Gasteiger partial charge in [-0.15, -0.1) is 12.4 Å². The van der Waals surface area contributed by atoms with E-state index in [1.807, 2.05) is 30.8 Å². The van der Waals surface area contributed by atoms with E-state index in [0.717, 1.165) is 11.4 Å². The Bertz CT molecular complexity index is 775. The summed E-state index contributed by atoms with van der Waals surface area (Å²) in [7, 11) is -1.65. The van der Waals surface area contributed by atoms with Crippen molar-refractivity contribution < 1.29 is 8.42 Å². The monoisotopic (exact) mass is 356 g/mol. The van der Waals surface area contributed by atoms with Gasteiger partial charge in [-0.05, 0) is 24.6 Å². The van der Waals surface area contributed by atoms with Crippen LogP contribution in [-0.2, 0) is 17.1 Å². The van der Waals surface area contributed by atoms with Gasteiger partial charge in [-0.1, -0.05) is 12.1 Å². The molecule has 1 aromatic heterocycles. The molecule has 1 unspecified atom stereocenters. The van der Waals surface area contributed by atoms with Crippen LogP contribution in [0.5, 0.6) is 0 Å². The summed E-state index contributed by atoms with van der Waals surface area (Å²) in [6.07, 6.45) is 3.53. The van der Waals surface area contributed by atoms with Gasteiger partial charge in [0, 0.05) is 39.1 Å². The Morgan fingerprint density at radius 1 is 1.35 bits per heavy atom. The van der Waals surface area contributed by atoms with E-state index in [4.69, 9.17) is 0 Å². The third-order valence-corrected chi connectivity index (χ3v) is 5.85. The number of aryl methyl sites for hydroxylation is 2. The van der Waals surface area contributed by atoms with Crippen molar-refractivity contribution in [2.75, 3.05) is 19.6 Å². The summed E-state index contributed by atoms with van der Waals surface area (Å²) in [6.45, 7) is 3.54. The van der Waals surface area contributed by atoms with E-state index < -0.39 is 10.0 Å². The first-order chi connectivity index (χ1) is 10.5. The van der Waals surface area contributed by atoms with Crippen molar-refractivity contribution in [3.8, 4) is 0 Å². The number of imidazole rings is 1. The highest BCUT2D eigenvalue weighted by atomic mass is 35.5. The summed E-state index contributed by atoms with van der Waals surface area (Å²) in [5.74, 6) is 0.753. The van der Waals surface area contributed by atoms with Crippen LogP contribution in [0.3, 0.4) is 0 Å². The van der Waals surface area contributed by atoms with Gasteiger partial charge in [0.2, 0.25) is 10.0 Å².